The van der Waals surface area contributed by atoms with Crippen LogP contribution in [0, 0.1) is 5.41 Å². The number of methoxy groups -OCH3 is 1. The number of halogens is 1. The maximum absolute atomic E-state index is 12.8. The van der Waals surface area contributed by atoms with Crippen LogP contribution >= 0.6 is 11.6 Å². The van der Waals surface area contributed by atoms with E-state index in [0.717, 1.165) is 43.7 Å². The van der Waals surface area contributed by atoms with E-state index in [2.05, 4.69) is 10.6 Å². The summed E-state index contributed by atoms with van der Waals surface area (Å²) in [6.07, 6.45) is 2.81. The minimum atomic E-state index is -0.158. The summed E-state index contributed by atoms with van der Waals surface area (Å²) in [6, 6.07) is 14.7. The van der Waals surface area contributed by atoms with Gasteiger partial charge in [-0.2, -0.15) is 0 Å². The summed E-state index contributed by atoms with van der Waals surface area (Å²) in [7, 11) is 1.61. The largest absolute Gasteiger partial charge is 0.497 e. The van der Waals surface area contributed by atoms with E-state index >= 15 is 0 Å². The summed E-state index contributed by atoms with van der Waals surface area (Å²) >= 11 is 5.88. The number of carbonyl (C=O) groups is 2. The van der Waals surface area contributed by atoms with Crippen molar-refractivity contribution in [3.8, 4) is 5.75 Å². The molecule has 2 aliphatic rings. The van der Waals surface area contributed by atoms with Crippen molar-refractivity contribution >= 4 is 23.5 Å². The molecule has 1 saturated heterocycles. The Morgan fingerprint density at radius 3 is 2.50 bits per heavy atom. The molecule has 0 radical (unpaired) electrons. The van der Waals surface area contributed by atoms with Gasteiger partial charge in [-0.1, -0.05) is 23.7 Å². The zero-order valence-corrected chi connectivity index (χ0v) is 17.7. The number of urea groups is 1. The van der Waals surface area contributed by atoms with Crippen molar-refractivity contribution < 1.29 is 14.3 Å². The first-order valence-corrected chi connectivity index (χ1v) is 10.6. The highest BCUT2D eigenvalue weighted by atomic mass is 35.5. The monoisotopic (exact) mass is 427 g/mol. The lowest BCUT2D eigenvalue weighted by atomic mass is 9.65. The first-order valence-electron chi connectivity index (χ1n) is 10.2. The van der Waals surface area contributed by atoms with Crippen molar-refractivity contribution in [1.82, 2.24) is 15.5 Å². The van der Waals surface area contributed by atoms with Gasteiger partial charge in [0, 0.05) is 36.3 Å². The predicted molar refractivity (Wildman–Crippen MR) is 116 cm³/mol. The molecule has 1 spiro atoms. The quantitative estimate of drug-likeness (QED) is 0.761. The summed E-state index contributed by atoms with van der Waals surface area (Å²) in [5.41, 5.74) is 1.82. The SMILES string of the molecule is COc1ccc(C(=O)N2CC[C@]3(C2)C[C@@H](NC(=O)NCc2ccc(Cl)cc2)C3)cc1. The highest BCUT2D eigenvalue weighted by Gasteiger charge is 2.49. The maximum atomic E-state index is 12.8. The maximum Gasteiger partial charge on any atom is 0.315 e. The molecule has 6 nitrogen and oxygen atoms in total. The standard InChI is InChI=1S/C23H26ClN3O3/c1-30-20-8-4-17(5-9-20)21(28)27-11-10-23(15-27)12-19(13-23)26-22(29)25-14-16-2-6-18(24)7-3-16/h2-9,19H,10-15H2,1H3,(H2,25,26,29)/t19-,23+. The van der Waals surface area contributed by atoms with Crippen molar-refractivity contribution in [1.29, 1.82) is 0 Å². The van der Waals surface area contributed by atoms with Crippen molar-refractivity contribution in [2.45, 2.75) is 31.8 Å². The molecule has 2 aromatic carbocycles. The van der Waals surface area contributed by atoms with Gasteiger partial charge in [0.15, 0.2) is 0 Å². The summed E-state index contributed by atoms with van der Waals surface area (Å²) in [5, 5.41) is 6.61. The van der Waals surface area contributed by atoms with Crippen LogP contribution in [0.2, 0.25) is 5.02 Å². The van der Waals surface area contributed by atoms with E-state index in [1.807, 2.05) is 53.4 Å². The molecule has 158 valence electrons. The Bertz CT molecular complexity index is 908. The lowest BCUT2D eigenvalue weighted by Gasteiger charge is -2.45. The fourth-order valence-corrected chi connectivity index (χ4v) is 4.59. The number of hydrogen-bond acceptors (Lipinski definition) is 3. The van der Waals surface area contributed by atoms with E-state index in [9.17, 15) is 9.59 Å². The molecule has 1 aliphatic carbocycles. The molecule has 0 aromatic heterocycles. The first-order chi connectivity index (χ1) is 14.5. The molecule has 0 bridgehead atoms. The number of likely N-dealkylation sites (tertiary alicyclic amines) is 1. The van der Waals surface area contributed by atoms with Gasteiger partial charge < -0.3 is 20.3 Å². The molecule has 0 unspecified atom stereocenters. The summed E-state index contributed by atoms with van der Waals surface area (Å²) in [6.45, 7) is 1.98. The molecule has 1 aliphatic heterocycles. The fraction of sp³-hybridized carbons (Fsp3) is 0.391. The minimum Gasteiger partial charge on any atom is -0.497 e. The van der Waals surface area contributed by atoms with Crippen LogP contribution in [0.25, 0.3) is 0 Å². The molecule has 2 fully saturated rings. The zero-order valence-electron chi connectivity index (χ0n) is 17.0. The predicted octanol–water partition coefficient (Wildman–Crippen LogP) is 3.84. The third-order valence-electron chi connectivity index (χ3n) is 6.12. The molecular weight excluding hydrogens is 402 g/mol. The fourth-order valence-electron chi connectivity index (χ4n) is 4.47. The van der Waals surface area contributed by atoms with Crippen LogP contribution < -0.4 is 15.4 Å². The van der Waals surface area contributed by atoms with Crippen molar-refractivity contribution in [3.63, 3.8) is 0 Å². The van der Waals surface area contributed by atoms with Gasteiger partial charge in [-0.25, -0.2) is 4.79 Å². The zero-order chi connectivity index (χ0) is 21.1. The van der Waals surface area contributed by atoms with Crippen LogP contribution in [0.5, 0.6) is 5.75 Å². The van der Waals surface area contributed by atoms with Crippen LogP contribution in [-0.4, -0.2) is 43.1 Å². The first kappa shape index (κ1) is 20.5. The molecular formula is C23H26ClN3O3. The number of nitrogens with zero attached hydrogens (tertiary/aromatic N) is 1. The van der Waals surface area contributed by atoms with Gasteiger partial charge in [-0.3, -0.25) is 4.79 Å². The number of carbonyl (C=O) groups excluding carboxylic acids is 2. The van der Waals surface area contributed by atoms with Crippen molar-refractivity contribution in [3.05, 3.63) is 64.7 Å². The van der Waals surface area contributed by atoms with E-state index in [4.69, 9.17) is 16.3 Å². The van der Waals surface area contributed by atoms with Gasteiger partial charge in [-0.15, -0.1) is 0 Å². The van der Waals surface area contributed by atoms with Gasteiger partial charge in [0.05, 0.1) is 7.11 Å². The van der Waals surface area contributed by atoms with E-state index in [1.165, 1.54) is 0 Å². The highest BCUT2D eigenvalue weighted by molar-refractivity contribution is 6.30. The Morgan fingerprint density at radius 1 is 1.13 bits per heavy atom. The van der Waals surface area contributed by atoms with Gasteiger partial charge >= 0.3 is 6.03 Å². The van der Waals surface area contributed by atoms with E-state index in [-0.39, 0.29) is 23.4 Å². The molecule has 4 rings (SSSR count). The second kappa shape index (κ2) is 8.56. The summed E-state index contributed by atoms with van der Waals surface area (Å²) < 4.78 is 5.15. The Balaban J connectivity index is 1.22. The van der Waals surface area contributed by atoms with Gasteiger partial charge in [-0.05, 0) is 66.6 Å². The Labute approximate surface area is 181 Å². The smallest absolute Gasteiger partial charge is 0.315 e. The second-order valence-corrected chi connectivity index (χ2v) is 8.70. The number of hydrogen-bond donors (Lipinski definition) is 2. The third-order valence-corrected chi connectivity index (χ3v) is 6.37. The molecule has 2 aromatic rings. The van der Waals surface area contributed by atoms with Gasteiger partial charge in [0.2, 0.25) is 0 Å². The Morgan fingerprint density at radius 2 is 1.83 bits per heavy atom. The van der Waals surface area contributed by atoms with Crippen LogP contribution in [0.4, 0.5) is 4.79 Å². The molecule has 1 heterocycles. The average Bonchev–Trinajstić information content (AvgIpc) is 3.18. The van der Waals surface area contributed by atoms with Crippen LogP contribution in [-0.2, 0) is 6.54 Å². The minimum absolute atomic E-state index is 0.0617. The second-order valence-electron chi connectivity index (χ2n) is 8.26. The number of amides is 3. The number of ether oxygens (including phenoxy) is 1. The van der Waals surface area contributed by atoms with Crippen molar-refractivity contribution in [2.24, 2.45) is 5.41 Å². The van der Waals surface area contributed by atoms with Crippen LogP contribution in [0.3, 0.4) is 0 Å². The molecule has 7 heteroatoms. The van der Waals surface area contributed by atoms with E-state index in [1.54, 1.807) is 7.11 Å². The number of nitrogens with one attached hydrogen (secondary N) is 2. The molecule has 30 heavy (non-hydrogen) atoms. The number of benzene rings is 2. The lowest BCUT2D eigenvalue weighted by molar-refractivity contribution is 0.0671. The molecule has 3 amide bonds. The summed E-state index contributed by atoms with van der Waals surface area (Å²) in [4.78, 5) is 26.9. The topological polar surface area (TPSA) is 70.7 Å². The highest BCUT2D eigenvalue weighted by Crippen LogP contribution is 2.48. The van der Waals surface area contributed by atoms with E-state index in [0.29, 0.717) is 17.1 Å². The van der Waals surface area contributed by atoms with E-state index < -0.39 is 0 Å². The van der Waals surface area contributed by atoms with Crippen LogP contribution in [0.15, 0.2) is 48.5 Å². The molecule has 0 atom stereocenters. The number of rotatable bonds is 5. The average molecular weight is 428 g/mol. The Hall–Kier alpha value is -2.73. The van der Waals surface area contributed by atoms with Gasteiger partial charge in [0.1, 0.15) is 5.75 Å². The van der Waals surface area contributed by atoms with Crippen molar-refractivity contribution in [2.75, 3.05) is 20.2 Å². The lowest BCUT2D eigenvalue weighted by Crippen LogP contribution is -2.54. The normalized spacial score (nSPS) is 22.5. The summed E-state index contributed by atoms with van der Waals surface area (Å²) in [5.74, 6) is 0.804. The Kier molecular flexibility index (Phi) is 5.86. The molecule has 2 N–H and O–H groups in total. The molecule has 1 saturated carbocycles. The van der Waals surface area contributed by atoms with Gasteiger partial charge in [0.25, 0.3) is 5.91 Å². The third kappa shape index (κ3) is 4.54. The van der Waals surface area contributed by atoms with Crippen LogP contribution in [0.1, 0.15) is 35.2 Å².